The van der Waals surface area contributed by atoms with Gasteiger partial charge in [-0.2, -0.15) is 0 Å². The van der Waals surface area contributed by atoms with E-state index in [2.05, 4.69) is 0 Å². The van der Waals surface area contributed by atoms with E-state index in [0.29, 0.717) is 17.7 Å². The first-order chi connectivity index (χ1) is 10.6. The topological polar surface area (TPSA) is 97.5 Å². The lowest BCUT2D eigenvalue weighted by Gasteiger charge is -2.23. The Labute approximate surface area is 139 Å². The summed E-state index contributed by atoms with van der Waals surface area (Å²) in [4.78, 5) is 0.912. The van der Waals surface area contributed by atoms with Crippen LogP contribution in [-0.2, 0) is 26.5 Å². The van der Waals surface area contributed by atoms with Gasteiger partial charge >= 0.3 is 0 Å². The van der Waals surface area contributed by atoms with Crippen LogP contribution < -0.4 is 9.44 Å². The maximum atomic E-state index is 12.9. The summed E-state index contributed by atoms with van der Waals surface area (Å²) in [6, 6.07) is 7.39. The molecule has 2 N–H and O–H groups in total. The molecular formula is C14H16N2O4S3. The lowest BCUT2D eigenvalue weighted by Crippen LogP contribution is -2.35. The van der Waals surface area contributed by atoms with Crippen molar-refractivity contribution in [3.8, 4) is 0 Å². The molecule has 0 spiro atoms. The second kappa shape index (κ2) is 5.30. The van der Waals surface area contributed by atoms with Gasteiger partial charge in [0.15, 0.2) is 0 Å². The van der Waals surface area contributed by atoms with Crippen molar-refractivity contribution in [1.29, 1.82) is 0 Å². The van der Waals surface area contributed by atoms with Crippen molar-refractivity contribution in [2.24, 2.45) is 5.14 Å². The van der Waals surface area contributed by atoms with Gasteiger partial charge in [-0.3, -0.25) is 4.31 Å². The number of anilines is 1. The van der Waals surface area contributed by atoms with E-state index in [9.17, 15) is 16.8 Å². The highest BCUT2D eigenvalue weighted by atomic mass is 32.2. The lowest BCUT2D eigenvalue weighted by molar-refractivity contribution is 0.586. The number of benzene rings is 1. The summed E-state index contributed by atoms with van der Waals surface area (Å²) in [7, 11) is -7.47. The van der Waals surface area contributed by atoms with Gasteiger partial charge in [0.25, 0.3) is 10.0 Å². The number of hydrogen-bond acceptors (Lipinski definition) is 5. The quantitative estimate of drug-likeness (QED) is 0.889. The van der Waals surface area contributed by atoms with Gasteiger partial charge < -0.3 is 0 Å². The van der Waals surface area contributed by atoms with Crippen LogP contribution in [-0.4, -0.2) is 22.9 Å². The van der Waals surface area contributed by atoms with E-state index in [1.54, 1.807) is 19.1 Å². The highest BCUT2D eigenvalue weighted by Gasteiger charge is 2.37. The van der Waals surface area contributed by atoms with Crippen molar-refractivity contribution in [2.45, 2.75) is 35.4 Å². The third-order valence-electron chi connectivity index (χ3n) is 3.76. The van der Waals surface area contributed by atoms with Crippen LogP contribution in [0.1, 0.15) is 17.4 Å². The van der Waals surface area contributed by atoms with E-state index < -0.39 is 20.0 Å². The van der Waals surface area contributed by atoms with E-state index in [4.69, 9.17) is 5.14 Å². The van der Waals surface area contributed by atoms with Crippen molar-refractivity contribution < 1.29 is 16.8 Å². The first kappa shape index (κ1) is 16.4. The average molecular weight is 372 g/mol. The number of nitrogens with zero attached hydrogens (tertiary/aromatic N) is 1. The molecular weight excluding hydrogens is 356 g/mol. The second-order valence-electron chi connectivity index (χ2n) is 5.55. The SMILES string of the molecule is Cc1ccc(S(=O)(=O)N2c3ccc(S(N)(=O)=O)cc3CC2C)s1. The van der Waals surface area contributed by atoms with Crippen LogP contribution >= 0.6 is 11.3 Å². The van der Waals surface area contributed by atoms with E-state index in [-0.39, 0.29) is 15.1 Å². The molecule has 9 heteroatoms. The number of rotatable bonds is 3. The molecule has 1 aliphatic rings. The molecule has 124 valence electrons. The van der Waals surface area contributed by atoms with Gasteiger partial charge in [-0.1, -0.05) is 0 Å². The molecule has 0 saturated heterocycles. The van der Waals surface area contributed by atoms with Gasteiger partial charge in [0.2, 0.25) is 10.0 Å². The summed E-state index contributed by atoms with van der Waals surface area (Å²) in [5.74, 6) is 0. The largest absolute Gasteiger partial charge is 0.274 e. The second-order valence-corrected chi connectivity index (χ2v) is 10.4. The minimum absolute atomic E-state index is 0.00494. The summed E-state index contributed by atoms with van der Waals surface area (Å²) in [5.41, 5.74) is 1.18. The normalized spacial score (nSPS) is 18.2. The van der Waals surface area contributed by atoms with Crippen molar-refractivity contribution in [3.05, 3.63) is 40.8 Å². The fourth-order valence-corrected chi connectivity index (χ4v) is 6.40. The molecule has 2 heterocycles. The molecule has 2 aromatic rings. The summed E-state index contributed by atoms with van der Waals surface area (Å²) < 4.78 is 50.4. The Morgan fingerprint density at radius 2 is 1.87 bits per heavy atom. The smallest absolute Gasteiger partial charge is 0.262 e. The predicted octanol–water partition coefficient (Wildman–Crippen LogP) is 1.84. The zero-order valence-corrected chi connectivity index (χ0v) is 15.0. The predicted molar refractivity (Wildman–Crippen MR) is 89.7 cm³/mol. The molecule has 0 fully saturated rings. The molecule has 0 saturated carbocycles. The summed E-state index contributed by atoms with van der Waals surface area (Å²) in [6.07, 6.45) is 0.447. The number of fused-ring (bicyclic) bond motifs is 1. The average Bonchev–Trinajstić information content (AvgIpc) is 2.99. The first-order valence-corrected chi connectivity index (χ1v) is 10.7. The van der Waals surface area contributed by atoms with E-state index in [1.165, 1.54) is 33.8 Å². The molecule has 0 bridgehead atoms. The Morgan fingerprint density at radius 3 is 2.43 bits per heavy atom. The summed E-state index contributed by atoms with van der Waals surface area (Å²) >= 11 is 1.22. The Bertz CT molecular complexity index is 977. The molecule has 0 amide bonds. The van der Waals surface area contributed by atoms with E-state index >= 15 is 0 Å². The van der Waals surface area contributed by atoms with Gasteiger partial charge in [-0.05, 0) is 56.2 Å². The highest BCUT2D eigenvalue weighted by molar-refractivity contribution is 7.94. The summed E-state index contributed by atoms with van der Waals surface area (Å²) in [6.45, 7) is 3.65. The van der Waals surface area contributed by atoms with Gasteiger partial charge in [0.1, 0.15) is 4.21 Å². The van der Waals surface area contributed by atoms with E-state index in [0.717, 1.165) is 4.88 Å². The molecule has 0 radical (unpaired) electrons. The fraction of sp³-hybridized carbons (Fsp3) is 0.286. The maximum absolute atomic E-state index is 12.9. The minimum atomic E-state index is -3.81. The molecule has 1 atom stereocenters. The van der Waals surface area contributed by atoms with Crippen molar-refractivity contribution in [3.63, 3.8) is 0 Å². The number of nitrogens with two attached hydrogens (primary N) is 1. The van der Waals surface area contributed by atoms with Crippen LogP contribution in [0.2, 0.25) is 0 Å². The number of sulfonamides is 2. The lowest BCUT2D eigenvalue weighted by atomic mass is 10.1. The molecule has 1 aliphatic heterocycles. The molecule has 1 aromatic heterocycles. The molecule has 1 aromatic carbocycles. The Morgan fingerprint density at radius 1 is 1.17 bits per heavy atom. The van der Waals surface area contributed by atoms with Crippen LogP contribution in [0, 0.1) is 6.92 Å². The van der Waals surface area contributed by atoms with Crippen LogP contribution in [0.5, 0.6) is 0 Å². The highest BCUT2D eigenvalue weighted by Crippen LogP contribution is 2.39. The Hall–Kier alpha value is -1.42. The van der Waals surface area contributed by atoms with Crippen LogP contribution in [0.25, 0.3) is 0 Å². The molecule has 0 aliphatic carbocycles. The zero-order chi connectivity index (χ0) is 17.0. The van der Waals surface area contributed by atoms with Gasteiger partial charge in [-0.25, -0.2) is 22.0 Å². The third-order valence-corrected chi connectivity index (χ3v) is 8.07. The third kappa shape index (κ3) is 2.78. The van der Waals surface area contributed by atoms with Crippen molar-refractivity contribution in [1.82, 2.24) is 0 Å². The molecule has 6 nitrogen and oxygen atoms in total. The minimum Gasteiger partial charge on any atom is -0.262 e. The summed E-state index contributed by atoms with van der Waals surface area (Å²) in [5, 5.41) is 5.14. The number of hydrogen-bond donors (Lipinski definition) is 1. The fourth-order valence-electron chi connectivity index (χ4n) is 2.77. The van der Waals surface area contributed by atoms with Gasteiger partial charge in [0, 0.05) is 10.9 Å². The molecule has 23 heavy (non-hydrogen) atoms. The van der Waals surface area contributed by atoms with Crippen LogP contribution in [0.4, 0.5) is 5.69 Å². The Kier molecular flexibility index (Phi) is 3.79. The van der Waals surface area contributed by atoms with Crippen molar-refractivity contribution in [2.75, 3.05) is 4.31 Å². The molecule has 1 unspecified atom stereocenters. The standard InChI is InChI=1S/C14H16N2O4S3/c1-9-7-11-8-12(22(15,17)18)4-5-13(11)16(9)23(19,20)14-6-3-10(2)21-14/h3-6,8-9H,7H2,1-2H3,(H2,15,17,18). The number of aryl methyl sites for hydroxylation is 1. The van der Waals surface area contributed by atoms with Crippen molar-refractivity contribution >= 4 is 37.1 Å². The van der Waals surface area contributed by atoms with Crippen LogP contribution in [0.15, 0.2) is 39.4 Å². The zero-order valence-electron chi connectivity index (χ0n) is 12.6. The van der Waals surface area contributed by atoms with E-state index in [1.807, 2.05) is 6.92 Å². The number of primary sulfonamides is 1. The first-order valence-electron chi connectivity index (χ1n) is 6.87. The monoisotopic (exact) mass is 372 g/mol. The Balaban J connectivity index is 2.11. The van der Waals surface area contributed by atoms with Gasteiger partial charge in [-0.15, -0.1) is 11.3 Å². The van der Waals surface area contributed by atoms with Gasteiger partial charge in [0.05, 0.1) is 10.6 Å². The number of thiophene rings is 1. The van der Waals surface area contributed by atoms with Crippen LogP contribution in [0.3, 0.4) is 0 Å². The maximum Gasteiger partial charge on any atom is 0.274 e. The molecule has 3 rings (SSSR count).